The number of hydrogen-bond acceptors (Lipinski definition) is 2. The van der Waals surface area contributed by atoms with Crippen molar-refractivity contribution in [1.82, 2.24) is 9.71 Å². The Kier molecular flexibility index (Phi) is 4.88. The average molecular weight is 383 g/mol. The van der Waals surface area contributed by atoms with Crippen LogP contribution in [0.3, 0.4) is 0 Å². The Balaban J connectivity index is 1.76. The first kappa shape index (κ1) is 17.3. The van der Waals surface area contributed by atoms with Crippen molar-refractivity contribution in [2.45, 2.75) is 18.2 Å². The number of H-pyrrole nitrogens is 1. The molecule has 3 aromatic rings. The fourth-order valence-electron chi connectivity index (χ4n) is 2.68. The lowest BCUT2D eigenvalue weighted by Crippen LogP contribution is -2.26. The van der Waals surface area contributed by atoms with E-state index in [0.29, 0.717) is 23.0 Å². The van der Waals surface area contributed by atoms with E-state index in [1.54, 1.807) is 12.1 Å². The van der Waals surface area contributed by atoms with Gasteiger partial charge >= 0.3 is 0 Å². The van der Waals surface area contributed by atoms with Crippen LogP contribution in [0.1, 0.15) is 11.3 Å². The number of rotatable bonds is 5. The van der Waals surface area contributed by atoms with Crippen LogP contribution in [0.4, 0.5) is 0 Å². The first-order chi connectivity index (χ1) is 11.4. The maximum atomic E-state index is 12.3. The van der Waals surface area contributed by atoms with E-state index in [1.165, 1.54) is 12.1 Å². The summed E-state index contributed by atoms with van der Waals surface area (Å²) in [6, 6.07) is 11.7. The lowest BCUT2D eigenvalue weighted by molar-refractivity contribution is 0.581. The lowest BCUT2D eigenvalue weighted by Gasteiger charge is -2.07. The van der Waals surface area contributed by atoms with Crippen LogP contribution in [0.5, 0.6) is 0 Å². The molecule has 0 atom stereocenters. The number of hydrogen-bond donors (Lipinski definition) is 2. The smallest absolute Gasteiger partial charge is 0.240 e. The standard InChI is InChI=1S/C17H16Cl2N2O2S/c1-11-15(16-10-13(19)4-7-17(16)21-11)8-9-20-24(22,23)14-5-2-12(18)3-6-14/h2-7,10,20-21H,8-9H2,1H3. The van der Waals surface area contributed by atoms with Crippen LogP contribution < -0.4 is 4.72 Å². The van der Waals surface area contributed by atoms with E-state index in [0.717, 1.165) is 22.2 Å². The van der Waals surface area contributed by atoms with Gasteiger partial charge in [0.05, 0.1) is 4.90 Å². The van der Waals surface area contributed by atoms with E-state index in [1.807, 2.05) is 25.1 Å². The maximum absolute atomic E-state index is 12.3. The zero-order chi connectivity index (χ0) is 17.3. The number of aromatic amines is 1. The molecular formula is C17H16Cl2N2O2S. The van der Waals surface area contributed by atoms with Gasteiger partial charge in [0.25, 0.3) is 0 Å². The summed E-state index contributed by atoms with van der Waals surface area (Å²) in [6.45, 7) is 2.27. The third-order valence-electron chi connectivity index (χ3n) is 3.87. The summed E-state index contributed by atoms with van der Waals surface area (Å²) in [6.07, 6.45) is 0.568. The van der Waals surface area contributed by atoms with E-state index in [9.17, 15) is 8.42 Å². The summed E-state index contributed by atoms with van der Waals surface area (Å²) in [5.74, 6) is 0. The number of halogens is 2. The summed E-state index contributed by atoms with van der Waals surface area (Å²) in [5.41, 5.74) is 3.07. The van der Waals surface area contributed by atoms with Gasteiger partial charge in [-0.1, -0.05) is 23.2 Å². The largest absolute Gasteiger partial charge is 0.358 e. The fraction of sp³-hybridized carbons (Fsp3) is 0.176. The molecule has 7 heteroatoms. The van der Waals surface area contributed by atoms with Crippen LogP contribution in [0.15, 0.2) is 47.4 Å². The number of nitrogens with one attached hydrogen (secondary N) is 2. The third kappa shape index (κ3) is 3.59. The SMILES string of the molecule is Cc1[nH]c2ccc(Cl)cc2c1CCNS(=O)(=O)c1ccc(Cl)cc1. The van der Waals surface area contributed by atoms with Crippen LogP contribution in [0, 0.1) is 6.92 Å². The Labute approximate surface area is 150 Å². The van der Waals surface area contributed by atoms with Crippen molar-refractivity contribution < 1.29 is 8.42 Å². The molecule has 0 fully saturated rings. The first-order valence-corrected chi connectivity index (χ1v) is 9.63. The molecule has 0 aliphatic heterocycles. The number of sulfonamides is 1. The molecule has 3 rings (SSSR count). The second-order valence-corrected chi connectivity index (χ2v) is 8.16. The monoisotopic (exact) mass is 382 g/mol. The van der Waals surface area contributed by atoms with Gasteiger partial charge in [-0.2, -0.15) is 0 Å². The van der Waals surface area contributed by atoms with Crippen LogP contribution >= 0.6 is 23.2 Å². The number of aryl methyl sites for hydroxylation is 1. The lowest BCUT2D eigenvalue weighted by atomic mass is 10.1. The predicted octanol–water partition coefficient (Wildman–Crippen LogP) is 4.30. The van der Waals surface area contributed by atoms with E-state index in [2.05, 4.69) is 9.71 Å². The molecule has 2 N–H and O–H groups in total. The van der Waals surface area contributed by atoms with Crippen molar-refractivity contribution >= 4 is 44.1 Å². The minimum atomic E-state index is -3.55. The van der Waals surface area contributed by atoms with Gasteiger partial charge in [0, 0.05) is 33.2 Å². The Morgan fingerprint density at radius 1 is 1.04 bits per heavy atom. The molecule has 2 aromatic carbocycles. The first-order valence-electron chi connectivity index (χ1n) is 7.39. The van der Waals surface area contributed by atoms with Crippen molar-refractivity contribution in [1.29, 1.82) is 0 Å². The molecule has 0 aliphatic carbocycles. The van der Waals surface area contributed by atoms with Gasteiger partial charge in [-0.15, -0.1) is 0 Å². The molecule has 24 heavy (non-hydrogen) atoms. The van der Waals surface area contributed by atoms with E-state index < -0.39 is 10.0 Å². The highest BCUT2D eigenvalue weighted by Gasteiger charge is 2.14. The Bertz CT molecular complexity index is 980. The molecule has 1 heterocycles. The topological polar surface area (TPSA) is 62.0 Å². The molecule has 0 radical (unpaired) electrons. The van der Waals surface area contributed by atoms with Gasteiger partial charge in [-0.25, -0.2) is 13.1 Å². The predicted molar refractivity (Wildman–Crippen MR) is 98.4 cm³/mol. The second kappa shape index (κ2) is 6.76. The van der Waals surface area contributed by atoms with Crippen LogP contribution in [-0.2, 0) is 16.4 Å². The van der Waals surface area contributed by atoms with Gasteiger partial charge in [-0.05, 0) is 61.4 Å². The van der Waals surface area contributed by atoms with E-state index >= 15 is 0 Å². The van der Waals surface area contributed by atoms with Gasteiger partial charge in [-0.3, -0.25) is 0 Å². The van der Waals surface area contributed by atoms with Crippen molar-refractivity contribution in [3.8, 4) is 0 Å². The van der Waals surface area contributed by atoms with E-state index in [-0.39, 0.29) is 4.90 Å². The average Bonchev–Trinajstić information content (AvgIpc) is 2.83. The van der Waals surface area contributed by atoms with Crippen LogP contribution in [0.25, 0.3) is 10.9 Å². The molecule has 0 spiro atoms. The summed E-state index contributed by atoms with van der Waals surface area (Å²) in [4.78, 5) is 3.49. The number of aromatic nitrogens is 1. The van der Waals surface area contributed by atoms with E-state index in [4.69, 9.17) is 23.2 Å². The zero-order valence-electron chi connectivity index (χ0n) is 12.9. The Morgan fingerprint density at radius 3 is 2.42 bits per heavy atom. The highest BCUT2D eigenvalue weighted by Crippen LogP contribution is 2.25. The normalized spacial score (nSPS) is 12.0. The summed E-state index contributed by atoms with van der Waals surface area (Å²) < 4.78 is 27.2. The minimum absolute atomic E-state index is 0.200. The van der Waals surface area contributed by atoms with Crippen molar-refractivity contribution in [3.05, 3.63) is 63.8 Å². The minimum Gasteiger partial charge on any atom is -0.358 e. The molecule has 0 bridgehead atoms. The Morgan fingerprint density at radius 2 is 1.71 bits per heavy atom. The summed E-state index contributed by atoms with van der Waals surface area (Å²) in [7, 11) is -3.55. The molecule has 0 aliphatic rings. The quantitative estimate of drug-likeness (QED) is 0.690. The number of benzene rings is 2. The molecular weight excluding hydrogens is 367 g/mol. The second-order valence-electron chi connectivity index (χ2n) is 5.52. The van der Waals surface area contributed by atoms with Gasteiger partial charge in [0.1, 0.15) is 0 Å². The zero-order valence-corrected chi connectivity index (χ0v) is 15.3. The van der Waals surface area contributed by atoms with Gasteiger partial charge in [0.2, 0.25) is 10.0 Å². The van der Waals surface area contributed by atoms with Crippen LogP contribution in [0.2, 0.25) is 10.0 Å². The maximum Gasteiger partial charge on any atom is 0.240 e. The number of fused-ring (bicyclic) bond motifs is 1. The third-order valence-corrected chi connectivity index (χ3v) is 5.84. The highest BCUT2D eigenvalue weighted by atomic mass is 35.5. The molecule has 0 amide bonds. The highest BCUT2D eigenvalue weighted by molar-refractivity contribution is 7.89. The molecule has 0 saturated heterocycles. The van der Waals surface area contributed by atoms with Crippen molar-refractivity contribution in [2.24, 2.45) is 0 Å². The van der Waals surface area contributed by atoms with Gasteiger partial charge < -0.3 is 4.98 Å². The molecule has 0 unspecified atom stereocenters. The van der Waals surface area contributed by atoms with Crippen molar-refractivity contribution in [2.75, 3.05) is 6.54 Å². The Hall–Kier alpha value is -1.53. The molecule has 0 saturated carbocycles. The summed E-state index contributed by atoms with van der Waals surface area (Å²) in [5, 5.41) is 2.18. The van der Waals surface area contributed by atoms with Crippen LogP contribution in [-0.4, -0.2) is 19.9 Å². The summed E-state index contributed by atoms with van der Waals surface area (Å²) >= 11 is 11.9. The molecule has 4 nitrogen and oxygen atoms in total. The fourth-order valence-corrected chi connectivity index (χ4v) is 4.01. The van der Waals surface area contributed by atoms with Crippen molar-refractivity contribution in [3.63, 3.8) is 0 Å². The molecule has 1 aromatic heterocycles. The van der Waals surface area contributed by atoms with Gasteiger partial charge in [0.15, 0.2) is 0 Å². The molecule has 126 valence electrons.